The number of benzene rings is 8. The summed E-state index contributed by atoms with van der Waals surface area (Å²) in [6, 6.07) is 42.5. The number of nitrogens with zero attached hydrogens (tertiary/aromatic N) is 8. The van der Waals surface area contributed by atoms with E-state index in [4.69, 9.17) is 0 Å². The van der Waals surface area contributed by atoms with E-state index in [1.165, 1.54) is 0 Å². The van der Waals surface area contributed by atoms with E-state index in [0.717, 1.165) is 64.9 Å². The predicted molar refractivity (Wildman–Crippen MR) is 282 cm³/mol. The lowest BCUT2D eigenvalue weighted by molar-refractivity contribution is 0.444. The number of fused-ring (bicyclic) bond motifs is 8. The van der Waals surface area contributed by atoms with Gasteiger partial charge in [0.15, 0.2) is 0 Å². The molecule has 0 saturated heterocycles. The fourth-order valence-electron chi connectivity index (χ4n) is 6.09. The van der Waals surface area contributed by atoms with Gasteiger partial charge in [0.05, 0.1) is 84.7 Å². The van der Waals surface area contributed by atoms with Crippen molar-refractivity contribution in [1.29, 1.82) is 0 Å². The molecular formula is C48H28Br4N8O4S4. The first kappa shape index (κ1) is 47.7. The lowest BCUT2D eigenvalue weighted by Gasteiger charge is -2.17. The quantitative estimate of drug-likeness (QED) is 0.109. The van der Waals surface area contributed by atoms with Gasteiger partial charge in [-0.1, -0.05) is 111 Å². The maximum absolute atomic E-state index is 12.1. The van der Waals surface area contributed by atoms with E-state index in [1.807, 2.05) is 97.1 Å². The zero-order chi connectivity index (χ0) is 47.3. The van der Waals surface area contributed by atoms with Crippen molar-refractivity contribution >= 4 is 156 Å². The molecule has 1 heterocycles. The van der Waals surface area contributed by atoms with Crippen molar-refractivity contribution in [3.63, 3.8) is 0 Å². The average Bonchev–Trinajstić information content (AvgIpc) is 3.33. The van der Waals surface area contributed by atoms with Crippen molar-refractivity contribution in [3.8, 4) is 23.0 Å². The number of halogens is 4. The van der Waals surface area contributed by atoms with Gasteiger partial charge in [0.1, 0.15) is 23.0 Å². The molecule has 0 spiro atoms. The largest absolute Gasteiger partial charge is 0.506 e. The third-order valence-corrected chi connectivity index (χ3v) is 15.8. The van der Waals surface area contributed by atoms with E-state index < -0.39 is 0 Å². The Labute approximate surface area is 439 Å². The molecule has 20 heteroatoms. The molecule has 12 nitrogen and oxygen atoms in total. The third-order valence-electron chi connectivity index (χ3n) is 9.41. The number of phenolic OH excluding ortho intramolecular Hbond substituents is 4. The first-order valence-corrected chi connectivity index (χ1v) is 26.2. The SMILES string of the molecule is Oc1c2cc(N=Nc3ccc(Br)cc3)cc1Sc1cc(N=Nc3ccc(Br)cc3)cc(c1O)Sc1cc(N=Nc3ccc(Br)cc3)cc(c1O)Sc1cc(N=Nc3ccc(Br)cc3)cc(c1O)S2. The number of phenols is 4. The van der Waals surface area contributed by atoms with Gasteiger partial charge in [-0.25, -0.2) is 0 Å². The highest BCUT2D eigenvalue weighted by Gasteiger charge is 2.24. The topological polar surface area (TPSA) is 180 Å². The second-order valence-electron chi connectivity index (χ2n) is 14.3. The van der Waals surface area contributed by atoms with Crippen molar-refractivity contribution in [2.75, 3.05) is 0 Å². The third kappa shape index (κ3) is 11.9. The van der Waals surface area contributed by atoms with Gasteiger partial charge >= 0.3 is 0 Å². The van der Waals surface area contributed by atoms with Crippen LogP contribution in [-0.2, 0) is 0 Å². The van der Waals surface area contributed by atoms with Crippen molar-refractivity contribution in [2.45, 2.75) is 39.2 Å². The Kier molecular flexibility index (Phi) is 15.1. The van der Waals surface area contributed by atoms with Crippen molar-refractivity contribution in [2.24, 2.45) is 40.9 Å². The Hall–Kier alpha value is -5.32. The molecule has 8 aromatic carbocycles. The van der Waals surface area contributed by atoms with Crippen LogP contribution < -0.4 is 0 Å². The highest BCUT2D eigenvalue weighted by Crippen LogP contribution is 2.55. The summed E-state index contributed by atoms with van der Waals surface area (Å²) in [5.74, 6) is -0.595. The van der Waals surface area contributed by atoms with Gasteiger partial charge in [0, 0.05) is 17.9 Å². The molecule has 0 aromatic heterocycles. The van der Waals surface area contributed by atoms with Crippen LogP contribution in [0.25, 0.3) is 0 Å². The summed E-state index contributed by atoms with van der Waals surface area (Å²) >= 11 is 18.1. The fraction of sp³-hybridized carbons (Fsp3) is 0. The summed E-state index contributed by atoms with van der Waals surface area (Å²) in [5, 5.41) is 84.5. The molecule has 1 aliphatic rings. The second-order valence-corrected chi connectivity index (χ2v) is 22.3. The minimum absolute atomic E-state index is 0.149. The van der Waals surface area contributed by atoms with Crippen LogP contribution in [0, 0.1) is 0 Å². The highest BCUT2D eigenvalue weighted by molar-refractivity contribution is 9.11. The van der Waals surface area contributed by atoms with E-state index >= 15 is 0 Å². The van der Waals surface area contributed by atoms with Gasteiger partial charge in [-0.3, -0.25) is 0 Å². The van der Waals surface area contributed by atoms with Crippen LogP contribution in [0.1, 0.15) is 0 Å². The molecule has 9 rings (SSSR count). The molecule has 0 atom stereocenters. The van der Waals surface area contributed by atoms with Gasteiger partial charge < -0.3 is 20.4 Å². The molecule has 0 aliphatic carbocycles. The first-order chi connectivity index (χ1) is 32.9. The molecule has 0 unspecified atom stereocenters. The maximum Gasteiger partial charge on any atom is 0.143 e. The van der Waals surface area contributed by atoms with Crippen molar-refractivity contribution in [3.05, 3.63) is 163 Å². The Morgan fingerprint density at radius 3 is 0.544 bits per heavy atom. The summed E-state index contributed by atoms with van der Waals surface area (Å²) in [4.78, 5) is 2.45. The van der Waals surface area contributed by atoms with Gasteiger partial charge in [0.25, 0.3) is 0 Å². The van der Waals surface area contributed by atoms with E-state index in [9.17, 15) is 20.4 Å². The molecule has 336 valence electrons. The number of hydrogen-bond donors (Lipinski definition) is 4. The summed E-state index contributed by atoms with van der Waals surface area (Å²) in [7, 11) is 0. The molecule has 68 heavy (non-hydrogen) atoms. The normalized spacial score (nSPS) is 12.8. The van der Waals surface area contributed by atoms with Gasteiger partial charge in [0.2, 0.25) is 0 Å². The van der Waals surface area contributed by atoms with E-state index in [0.29, 0.717) is 84.7 Å². The second kappa shape index (κ2) is 21.5. The Morgan fingerprint density at radius 2 is 0.382 bits per heavy atom. The van der Waals surface area contributed by atoms with Gasteiger partial charge in [-0.05, 0) is 146 Å². The van der Waals surface area contributed by atoms with Crippen LogP contribution >= 0.6 is 111 Å². The average molecular weight is 1230 g/mol. The fourth-order valence-corrected chi connectivity index (χ4v) is 11.4. The Bertz CT molecular complexity index is 2790. The summed E-state index contributed by atoms with van der Waals surface area (Å²) in [6.45, 7) is 0. The number of aromatic hydroxyl groups is 4. The van der Waals surface area contributed by atoms with Gasteiger partial charge in [-0.2, -0.15) is 40.9 Å². The highest BCUT2D eigenvalue weighted by atomic mass is 79.9. The number of rotatable bonds is 8. The Morgan fingerprint density at radius 1 is 0.235 bits per heavy atom. The Balaban J connectivity index is 1.24. The first-order valence-electron chi connectivity index (χ1n) is 19.8. The van der Waals surface area contributed by atoms with Crippen LogP contribution in [-0.4, -0.2) is 20.4 Å². The predicted octanol–water partition coefficient (Wildman–Crippen LogP) is 20.1. The van der Waals surface area contributed by atoms with E-state index in [-0.39, 0.29) is 23.0 Å². The van der Waals surface area contributed by atoms with E-state index in [2.05, 4.69) is 105 Å². The molecule has 8 aromatic rings. The van der Waals surface area contributed by atoms with Crippen LogP contribution in [0.4, 0.5) is 45.5 Å². The van der Waals surface area contributed by atoms with Crippen molar-refractivity contribution < 1.29 is 20.4 Å². The van der Waals surface area contributed by atoms with Gasteiger partial charge in [-0.15, -0.1) is 0 Å². The van der Waals surface area contributed by atoms with Crippen LogP contribution in [0.5, 0.6) is 23.0 Å². The standard InChI is InChI=1S/C48H28Br4N8O4S4/c49-25-1-9-29(10-2-25)53-57-33-17-37-45(61)38(18-33)66-40-20-35(59-55-31-13-5-27(51)6-14-31)22-42(47(40)63)68-44-24-36(60-56-32-15-7-28(52)8-16-32)23-43(48(44)64)67-41-21-34(19-39(65-37)46(41)62)58-54-30-11-3-26(50)4-12-30/h1-24,61-64H. The minimum Gasteiger partial charge on any atom is -0.506 e. The van der Waals surface area contributed by atoms with E-state index in [1.54, 1.807) is 48.5 Å². The van der Waals surface area contributed by atoms with Crippen LogP contribution in [0.15, 0.2) is 244 Å². The summed E-state index contributed by atoms with van der Waals surface area (Å²) in [5.41, 5.74) is 3.88. The summed E-state index contributed by atoms with van der Waals surface area (Å²) < 4.78 is 3.54. The molecule has 1 aliphatic heterocycles. The molecule has 0 radical (unpaired) electrons. The molecule has 8 bridgehead atoms. The molecule has 0 saturated carbocycles. The zero-order valence-electron chi connectivity index (χ0n) is 34.4. The lowest BCUT2D eigenvalue weighted by atomic mass is 10.3. The van der Waals surface area contributed by atoms with Crippen LogP contribution in [0.3, 0.4) is 0 Å². The molecule has 4 N–H and O–H groups in total. The number of azo groups is 4. The molecule has 0 fully saturated rings. The van der Waals surface area contributed by atoms with Crippen LogP contribution in [0.2, 0.25) is 0 Å². The minimum atomic E-state index is -0.149. The monoisotopic (exact) mass is 1220 g/mol. The summed E-state index contributed by atoms with van der Waals surface area (Å²) in [6.07, 6.45) is 0. The number of hydrogen-bond acceptors (Lipinski definition) is 16. The molecule has 0 amide bonds. The smallest absolute Gasteiger partial charge is 0.143 e. The zero-order valence-corrected chi connectivity index (χ0v) is 44.0. The maximum atomic E-state index is 12.1. The lowest BCUT2D eigenvalue weighted by Crippen LogP contribution is -1.87. The molecular weight excluding hydrogens is 1200 g/mol. The van der Waals surface area contributed by atoms with Crippen molar-refractivity contribution in [1.82, 2.24) is 0 Å².